The Hall–Kier alpha value is -1.36. The predicted molar refractivity (Wildman–Crippen MR) is 82.1 cm³/mol. The van der Waals surface area contributed by atoms with E-state index in [9.17, 15) is 9.59 Å². The highest BCUT2D eigenvalue weighted by molar-refractivity contribution is 9.10. The third-order valence-electron chi connectivity index (χ3n) is 2.88. The summed E-state index contributed by atoms with van der Waals surface area (Å²) in [5.41, 5.74) is 0.554. The summed E-state index contributed by atoms with van der Waals surface area (Å²) in [6.45, 7) is 5.76. The van der Waals surface area contributed by atoms with Crippen molar-refractivity contribution in [3.8, 4) is 5.75 Å². The molecular weight excluding hydrogens is 322 g/mol. The molecule has 2 unspecified atom stereocenters. The van der Waals surface area contributed by atoms with E-state index in [0.717, 1.165) is 19.1 Å². The summed E-state index contributed by atoms with van der Waals surface area (Å²) in [4.78, 5) is 22.6. The van der Waals surface area contributed by atoms with Gasteiger partial charge in [0.2, 0.25) is 0 Å². The molecule has 110 valence electrons. The molecule has 0 aliphatic heterocycles. The molecule has 0 aromatic heterocycles. The molecule has 5 heteroatoms. The number of carbonyl (C=O) groups is 2. The Morgan fingerprint density at radius 2 is 2.15 bits per heavy atom. The Bertz CT molecular complexity index is 476. The second kappa shape index (κ2) is 8.04. The van der Waals surface area contributed by atoms with E-state index in [1.807, 2.05) is 6.92 Å². The van der Waals surface area contributed by atoms with Gasteiger partial charge in [-0.15, -0.1) is 0 Å². The van der Waals surface area contributed by atoms with Crippen molar-refractivity contribution < 1.29 is 14.3 Å². The van der Waals surface area contributed by atoms with Crippen molar-refractivity contribution >= 4 is 28.1 Å². The number of hydrogen-bond acceptors (Lipinski definition) is 3. The van der Waals surface area contributed by atoms with E-state index in [2.05, 4.69) is 28.2 Å². The van der Waals surface area contributed by atoms with E-state index >= 15 is 0 Å². The fourth-order valence-electron chi connectivity index (χ4n) is 1.80. The Labute approximate surface area is 128 Å². The number of amides is 1. The lowest BCUT2D eigenvalue weighted by molar-refractivity contribution is -0.127. The van der Waals surface area contributed by atoms with Crippen LogP contribution in [0.15, 0.2) is 22.7 Å². The standard InChI is InChI=1S/C15H20BrNO3/c1-4-5-10(2)17-15(19)11(3)20-14-7-6-12(9-18)8-13(14)16/h6-11H,4-5H2,1-3H3,(H,17,19). The lowest BCUT2D eigenvalue weighted by Gasteiger charge is -2.19. The van der Waals surface area contributed by atoms with Gasteiger partial charge in [-0.1, -0.05) is 13.3 Å². The van der Waals surface area contributed by atoms with Crippen LogP contribution in [0.1, 0.15) is 44.0 Å². The van der Waals surface area contributed by atoms with Crippen molar-refractivity contribution in [1.82, 2.24) is 5.32 Å². The molecule has 0 heterocycles. The van der Waals surface area contributed by atoms with Gasteiger partial charge in [-0.25, -0.2) is 0 Å². The maximum atomic E-state index is 12.0. The van der Waals surface area contributed by atoms with Crippen LogP contribution >= 0.6 is 15.9 Å². The molecule has 1 rings (SSSR count). The van der Waals surface area contributed by atoms with Crippen LogP contribution < -0.4 is 10.1 Å². The van der Waals surface area contributed by atoms with Crippen LogP contribution in [0.4, 0.5) is 0 Å². The Balaban J connectivity index is 2.63. The first-order valence-electron chi connectivity index (χ1n) is 6.69. The third kappa shape index (κ3) is 4.96. The minimum Gasteiger partial charge on any atom is -0.480 e. The molecule has 0 fully saturated rings. The minimum atomic E-state index is -0.590. The third-order valence-corrected chi connectivity index (χ3v) is 3.50. The molecule has 0 bridgehead atoms. The van der Waals surface area contributed by atoms with Gasteiger partial charge in [0.25, 0.3) is 5.91 Å². The molecule has 1 aromatic carbocycles. The summed E-state index contributed by atoms with van der Waals surface area (Å²) in [5, 5.41) is 2.91. The van der Waals surface area contributed by atoms with Gasteiger partial charge in [-0.3, -0.25) is 9.59 Å². The average Bonchev–Trinajstić information content (AvgIpc) is 2.41. The molecule has 0 aliphatic carbocycles. The number of aldehydes is 1. The molecule has 20 heavy (non-hydrogen) atoms. The van der Waals surface area contributed by atoms with Crippen molar-refractivity contribution in [2.45, 2.75) is 45.8 Å². The lowest BCUT2D eigenvalue weighted by atomic mass is 10.2. The van der Waals surface area contributed by atoms with E-state index in [0.29, 0.717) is 15.8 Å². The van der Waals surface area contributed by atoms with E-state index < -0.39 is 6.10 Å². The molecule has 0 saturated carbocycles. The molecule has 0 radical (unpaired) electrons. The molecule has 2 atom stereocenters. The SMILES string of the molecule is CCCC(C)NC(=O)C(C)Oc1ccc(C=O)cc1Br. The first-order chi connectivity index (χ1) is 9.47. The normalized spacial score (nSPS) is 13.4. The van der Waals surface area contributed by atoms with Crippen molar-refractivity contribution in [1.29, 1.82) is 0 Å². The predicted octanol–water partition coefficient (Wildman–Crippen LogP) is 3.33. The molecule has 4 nitrogen and oxygen atoms in total. The summed E-state index contributed by atoms with van der Waals surface area (Å²) in [7, 11) is 0. The van der Waals surface area contributed by atoms with Gasteiger partial charge in [0.05, 0.1) is 4.47 Å². The zero-order chi connectivity index (χ0) is 15.1. The molecule has 1 amide bonds. The van der Waals surface area contributed by atoms with Crippen molar-refractivity contribution in [3.63, 3.8) is 0 Å². The van der Waals surface area contributed by atoms with E-state index in [-0.39, 0.29) is 11.9 Å². The van der Waals surface area contributed by atoms with Crippen LogP contribution in [-0.4, -0.2) is 24.3 Å². The zero-order valence-electron chi connectivity index (χ0n) is 12.0. The number of carbonyl (C=O) groups excluding carboxylic acids is 2. The van der Waals surface area contributed by atoms with Crippen LogP contribution in [0.25, 0.3) is 0 Å². The lowest BCUT2D eigenvalue weighted by Crippen LogP contribution is -2.41. The van der Waals surface area contributed by atoms with Crippen LogP contribution in [0, 0.1) is 0 Å². The zero-order valence-corrected chi connectivity index (χ0v) is 13.6. The second-order valence-electron chi connectivity index (χ2n) is 4.77. The molecular formula is C15H20BrNO3. The highest BCUT2D eigenvalue weighted by Crippen LogP contribution is 2.26. The summed E-state index contributed by atoms with van der Waals surface area (Å²) in [6, 6.07) is 5.12. The van der Waals surface area contributed by atoms with Gasteiger partial charge in [-0.05, 0) is 54.4 Å². The Kier molecular flexibility index (Phi) is 6.71. The molecule has 0 aliphatic rings. The van der Waals surface area contributed by atoms with Gasteiger partial charge < -0.3 is 10.1 Å². The summed E-state index contributed by atoms with van der Waals surface area (Å²) < 4.78 is 6.27. The Morgan fingerprint density at radius 3 is 2.70 bits per heavy atom. The van der Waals surface area contributed by atoms with Crippen molar-refractivity contribution in [2.24, 2.45) is 0 Å². The van der Waals surface area contributed by atoms with Crippen LogP contribution in [0.2, 0.25) is 0 Å². The molecule has 1 N–H and O–H groups in total. The first kappa shape index (κ1) is 16.7. The van der Waals surface area contributed by atoms with Crippen molar-refractivity contribution in [2.75, 3.05) is 0 Å². The largest absolute Gasteiger partial charge is 0.480 e. The summed E-state index contributed by atoms with van der Waals surface area (Å²) in [5.74, 6) is 0.402. The smallest absolute Gasteiger partial charge is 0.260 e. The van der Waals surface area contributed by atoms with Crippen LogP contribution in [0.3, 0.4) is 0 Å². The summed E-state index contributed by atoms with van der Waals surface area (Å²) in [6.07, 6.45) is 2.13. The van der Waals surface area contributed by atoms with Gasteiger partial charge >= 0.3 is 0 Å². The topological polar surface area (TPSA) is 55.4 Å². The second-order valence-corrected chi connectivity index (χ2v) is 5.62. The number of benzene rings is 1. The number of ether oxygens (including phenoxy) is 1. The maximum absolute atomic E-state index is 12.0. The summed E-state index contributed by atoms with van der Waals surface area (Å²) >= 11 is 3.33. The molecule has 1 aromatic rings. The quantitative estimate of drug-likeness (QED) is 0.774. The number of rotatable bonds is 7. The van der Waals surface area contributed by atoms with Gasteiger partial charge in [0.1, 0.15) is 12.0 Å². The van der Waals surface area contributed by atoms with Gasteiger partial charge in [-0.2, -0.15) is 0 Å². The van der Waals surface area contributed by atoms with Crippen LogP contribution in [-0.2, 0) is 4.79 Å². The highest BCUT2D eigenvalue weighted by atomic mass is 79.9. The monoisotopic (exact) mass is 341 g/mol. The minimum absolute atomic E-state index is 0.138. The van der Waals surface area contributed by atoms with E-state index in [1.165, 1.54) is 0 Å². The average molecular weight is 342 g/mol. The van der Waals surface area contributed by atoms with E-state index in [1.54, 1.807) is 25.1 Å². The number of hydrogen-bond donors (Lipinski definition) is 1. The molecule has 0 saturated heterocycles. The van der Waals surface area contributed by atoms with E-state index in [4.69, 9.17) is 4.74 Å². The first-order valence-corrected chi connectivity index (χ1v) is 7.49. The highest BCUT2D eigenvalue weighted by Gasteiger charge is 2.17. The maximum Gasteiger partial charge on any atom is 0.260 e. The van der Waals surface area contributed by atoms with Crippen LogP contribution in [0.5, 0.6) is 5.75 Å². The van der Waals surface area contributed by atoms with Gasteiger partial charge in [0, 0.05) is 11.6 Å². The van der Waals surface area contributed by atoms with Crippen molar-refractivity contribution in [3.05, 3.63) is 28.2 Å². The number of nitrogens with one attached hydrogen (secondary N) is 1. The Morgan fingerprint density at radius 1 is 1.45 bits per heavy atom. The molecule has 0 spiro atoms. The fourth-order valence-corrected chi connectivity index (χ4v) is 2.29. The van der Waals surface area contributed by atoms with Gasteiger partial charge in [0.15, 0.2) is 6.10 Å². The fraction of sp³-hybridized carbons (Fsp3) is 0.467. The number of halogens is 1.